The molecule has 1 heterocycles. The summed E-state index contributed by atoms with van der Waals surface area (Å²) in [5, 5.41) is 0. The predicted octanol–water partition coefficient (Wildman–Crippen LogP) is 2.86. The van der Waals surface area contributed by atoms with E-state index in [1.54, 1.807) is 0 Å². The maximum atomic E-state index is 11.6. The van der Waals surface area contributed by atoms with Gasteiger partial charge in [-0.3, -0.25) is 0 Å². The lowest BCUT2D eigenvalue weighted by atomic mass is 10.3. The van der Waals surface area contributed by atoms with Gasteiger partial charge in [0.1, 0.15) is 5.69 Å². The van der Waals surface area contributed by atoms with Crippen LogP contribution in [0.4, 0.5) is 0 Å². The Morgan fingerprint density at radius 3 is 2.87 bits per heavy atom. The van der Waals surface area contributed by atoms with E-state index in [9.17, 15) is 4.79 Å². The molecule has 0 aliphatic rings. The van der Waals surface area contributed by atoms with E-state index >= 15 is 0 Å². The molecule has 1 aromatic rings. The van der Waals surface area contributed by atoms with Crippen molar-refractivity contribution in [2.24, 2.45) is 0 Å². The first-order valence-electron chi connectivity index (χ1n) is 5.61. The summed E-state index contributed by atoms with van der Waals surface area (Å²) in [5.74, 6) is -0.207. The third-order valence-electron chi connectivity index (χ3n) is 2.23. The van der Waals surface area contributed by atoms with Crippen LogP contribution in [0.3, 0.4) is 0 Å². The first kappa shape index (κ1) is 11.8. The zero-order valence-electron chi connectivity index (χ0n) is 9.53. The van der Waals surface area contributed by atoms with Crippen LogP contribution in [-0.4, -0.2) is 17.1 Å². The smallest absolute Gasteiger partial charge is 0.354 e. The number of esters is 1. The van der Waals surface area contributed by atoms with Gasteiger partial charge in [-0.05, 0) is 25.0 Å². The Balaban J connectivity index is 2.53. The molecule has 84 valence electrons. The zero-order valence-corrected chi connectivity index (χ0v) is 9.53. The number of ether oxygens (including phenoxy) is 1. The fourth-order valence-corrected chi connectivity index (χ4v) is 1.42. The molecule has 0 aliphatic heterocycles. The van der Waals surface area contributed by atoms with Crippen molar-refractivity contribution in [2.75, 3.05) is 6.61 Å². The van der Waals surface area contributed by atoms with Crippen molar-refractivity contribution in [3.05, 3.63) is 24.0 Å². The molecule has 3 heteroatoms. The van der Waals surface area contributed by atoms with Gasteiger partial charge >= 0.3 is 5.97 Å². The van der Waals surface area contributed by atoms with Crippen molar-refractivity contribution in [3.63, 3.8) is 0 Å². The van der Waals surface area contributed by atoms with Gasteiger partial charge in [0.2, 0.25) is 0 Å². The van der Waals surface area contributed by atoms with Crippen LogP contribution in [0.2, 0.25) is 0 Å². The van der Waals surface area contributed by atoms with Crippen LogP contribution in [-0.2, 0) is 11.3 Å². The minimum Gasteiger partial charge on any atom is -0.461 e. The highest BCUT2D eigenvalue weighted by Crippen LogP contribution is 2.06. The van der Waals surface area contributed by atoms with Gasteiger partial charge in [0.15, 0.2) is 0 Å². The summed E-state index contributed by atoms with van der Waals surface area (Å²) in [7, 11) is 0. The fraction of sp³-hybridized carbons (Fsp3) is 0.583. The number of nitrogens with zero attached hydrogens (tertiary/aromatic N) is 1. The average Bonchev–Trinajstić information content (AvgIpc) is 2.67. The summed E-state index contributed by atoms with van der Waals surface area (Å²) in [6, 6.07) is 3.69. The molecule has 0 aliphatic carbocycles. The molecular weight excluding hydrogens is 190 g/mol. The van der Waals surface area contributed by atoms with Crippen LogP contribution in [0, 0.1) is 0 Å². The molecule has 0 spiro atoms. The van der Waals surface area contributed by atoms with Gasteiger partial charge in [0, 0.05) is 12.7 Å². The van der Waals surface area contributed by atoms with Crippen LogP contribution in [0.5, 0.6) is 0 Å². The van der Waals surface area contributed by atoms with E-state index in [1.807, 2.05) is 22.9 Å². The zero-order chi connectivity index (χ0) is 11.1. The molecule has 3 nitrogen and oxygen atoms in total. The number of carbonyl (C=O) groups is 1. The quantitative estimate of drug-likeness (QED) is 0.533. The topological polar surface area (TPSA) is 31.2 Å². The lowest BCUT2D eigenvalue weighted by molar-refractivity contribution is 0.0487. The largest absolute Gasteiger partial charge is 0.461 e. The Hall–Kier alpha value is -1.25. The molecule has 0 unspecified atom stereocenters. The molecule has 0 fully saturated rings. The second-order valence-electron chi connectivity index (χ2n) is 3.58. The summed E-state index contributed by atoms with van der Waals surface area (Å²) in [5.41, 5.74) is 0.660. The predicted molar refractivity (Wildman–Crippen MR) is 59.9 cm³/mol. The molecule has 0 aromatic carbocycles. The van der Waals surface area contributed by atoms with Gasteiger partial charge in [-0.1, -0.05) is 20.3 Å². The lowest BCUT2D eigenvalue weighted by Gasteiger charge is -2.07. The van der Waals surface area contributed by atoms with E-state index in [0.29, 0.717) is 12.3 Å². The minimum atomic E-state index is -0.207. The highest BCUT2D eigenvalue weighted by molar-refractivity contribution is 5.87. The van der Waals surface area contributed by atoms with Gasteiger partial charge in [-0.2, -0.15) is 0 Å². The molecule has 0 atom stereocenters. The number of unbranched alkanes of at least 4 members (excludes halogenated alkanes) is 1. The molecule has 15 heavy (non-hydrogen) atoms. The fourth-order valence-electron chi connectivity index (χ4n) is 1.42. The van der Waals surface area contributed by atoms with E-state index in [-0.39, 0.29) is 5.97 Å². The standard InChI is InChI=1S/C12H19NO2/c1-3-5-10-15-12(14)11-7-6-9-13(11)8-4-2/h6-7,9H,3-5,8,10H2,1-2H3. The first-order chi connectivity index (χ1) is 7.29. The Kier molecular flexibility index (Phi) is 4.95. The van der Waals surface area contributed by atoms with E-state index in [4.69, 9.17) is 4.74 Å². The maximum Gasteiger partial charge on any atom is 0.354 e. The third-order valence-corrected chi connectivity index (χ3v) is 2.23. The molecule has 0 N–H and O–H groups in total. The molecule has 0 saturated carbocycles. The highest BCUT2D eigenvalue weighted by atomic mass is 16.5. The first-order valence-corrected chi connectivity index (χ1v) is 5.61. The molecular formula is C12H19NO2. The number of hydrogen-bond donors (Lipinski definition) is 0. The third kappa shape index (κ3) is 3.42. The Morgan fingerprint density at radius 1 is 1.40 bits per heavy atom. The van der Waals surface area contributed by atoms with Gasteiger partial charge in [-0.25, -0.2) is 4.79 Å². The van der Waals surface area contributed by atoms with Crippen LogP contribution < -0.4 is 0 Å². The monoisotopic (exact) mass is 209 g/mol. The Labute approximate surface area is 91.0 Å². The van der Waals surface area contributed by atoms with E-state index in [2.05, 4.69) is 13.8 Å². The highest BCUT2D eigenvalue weighted by Gasteiger charge is 2.10. The van der Waals surface area contributed by atoms with Gasteiger partial charge in [0.05, 0.1) is 6.61 Å². The Bertz CT molecular complexity index is 304. The summed E-state index contributed by atoms with van der Waals surface area (Å²) < 4.78 is 7.09. The number of carbonyl (C=O) groups excluding carboxylic acids is 1. The summed E-state index contributed by atoms with van der Waals surface area (Å²) in [4.78, 5) is 11.6. The molecule has 1 rings (SSSR count). The van der Waals surface area contributed by atoms with Crippen molar-refractivity contribution in [1.82, 2.24) is 4.57 Å². The van der Waals surface area contributed by atoms with E-state index in [0.717, 1.165) is 25.8 Å². The molecule has 0 bridgehead atoms. The lowest BCUT2D eigenvalue weighted by Crippen LogP contribution is -2.12. The average molecular weight is 209 g/mol. The van der Waals surface area contributed by atoms with Crippen LogP contribution in [0.15, 0.2) is 18.3 Å². The van der Waals surface area contributed by atoms with Gasteiger partial charge in [-0.15, -0.1) is 0 Å². The van der Waals surface area contributed by atoms with Crippen molar-refractivity contribution >= 4 is 5.97 Å². The van der Waals surface area contributed by atoms with E-state index in [1.165, 1.54) is 0 Å². The van der Waals surface area contributed by atoms with Crippen LogP contribution >= 0.6 is 0 Å². The summed E-state index contributed by atoms with van der Waals surface area (Å²) >= 11 is 0. The number of rotatable bonds is 6. The van der Waals surface area contributed by atoms with Crippen molar-refractivity contribution < 1.29 is 9.53 Å². The second kappa shape index (κ2) is 6.27. The molecule has 0 saturated heterocycles. The second-order valence-corrected chi connectivity index (χ2v) is 3.58. The van der Waals surface area contributed by atoms with Crippen LogP contribution in [0.1, 0.15) is 43.6 Å². The number of hydrogen-bond acceptors (Lipinski definition) is 2. The molecule has 0 amide bonds. The minimum absolute atomic E-state index is 0.207. The van der Waals surface area contributed by atoms with Crippen molar-refractivity contribution in [3.8, 4) is 0 Å². The number of aryl methyl sites for hydroxylation is 1. The van der Waals surface area contributed by atoms with Crippen molar-refractivity contribution in [1.29, 1.82) is 0 Å². The van der Waals surface area contributed by atoms with Gasteiger partial charge in [0.25, 0.3) is 0 Å². The Morgan fingerprint density at radius 2 is 2.20 bits per heavy atom. The molecule has 1 aromatic heterocycles. The summed E-state index contributed by atoms with van der Waals surface area (Å²) in [6.45, 7) is 5.55. The van der Waals surface area contributed by atoms with E-state index < -0.39 is 0 Å². The normalized spacial score (nSPS) is 10.3. The SMILES string of the molecule is CCCCOC(=O)c1cccn1CCC. The molecule has 0 radical (unpaired) electrons. The summed E-state index contributed by atoms with van der Waals surface area (Å²) in [6.07, 6.45) is 4.91. The number of aromatic nitrogens is 1. The van der Waals surface area contributed by atoms with Crippen molar-refractivity contribution in [2.45, 2.75) is 39.7 Å². The van der Waals surface area contributed by atoms with Crippen LogP contribution in [0.25, 0.3) is 0 Å². The van der Waals surface area contributed by atoms with Gasteiger partial charge < -0.3 is 9.30 Å². The maximum absolute atomic E-state index is 11.6.